The highest BCUT2D eigenvalue weighted by atomic mass is 19.4. The van der Waals surface area contributed by atoms with Gasteiger partial charge in [0.15, 0.2) is 0 Å². The maximum Gasteiger partial charge on any atom is 0.432 e. The highest BCUT2D eigenvalue weighted by molar-refractivity contribution is 5.92. The lowest BCUT2D eigenvalue weighted by molar-refractivity contribution is -0.275. The summed E-state index contributed by atoms with van der Waals surface area (Å²) in [5, 5.41) is 8.21. The van der Waals surface area contributed by atoms with Crippen molar-refractivity contribution in [2.75, 3.05) is 0 Å². The maximum atomic E-state index is 12.8. The van der Waals surface area contributed by atoms with E-state index in [0.29, 0.717) is 0 Å². The second kappa shape index (κ2) is 5.93. The van der Waals surface area contributed by atoms with Crippen LogP contribution in [0.5, 0.6) is 0 Å². The number of ether oxygens (including phenoxy) is 1. The van der Waals surface area contributed by atoms with Gasteiger partial charge >= 0.3 is 24.2 Å². The van der Waals surface area contributed by atoms with Crippen molar-refractivity contribution in [3.63, 3.8) is 0 Å². The fraction of sp³-hybridized carbons (Fsp3) is 0.556. The quantitative estimate of drug-likeness (QED) is 0.464. The average Bonchev–Trinajstić information content (AvgIpc) is 2.12. The number of carbonyl (C=O) groups is 2. The Morgan fingerprint density at radius 2 is 1.68 bits per heavy atom. The van der Waals surface area contributed by atoms with Gasteiger partial charge in [0.25, 0.3) is 0 Å². The molecular weight excluding hydrogens is 286 g/mol. The number of alkyl halides is 6. The van der Waals surface area contributed by atoms with Gasteiger partial charge in [-0.05, 0) is 0 Å². The molecule has 0 aromatic heterocycles. The van der Waals surface area contributed by atoms with E-state index in [4.69, 9.17) is 5.11 Å². The van der Waals surface area contributed by atoms with E-state index in [9.17, 15) is 35.9 Å². The molecule has 0 aromatic carbocycles. The van der Waals surface area contributed by atoms with Crippen LogP contribution in [0.4, 0.5) is 26.3 Å². The Labute approximate surface area is 102 Å². The topological polar surface area (TPSA) is 63.6 Å². The van der Waals surface area contributed by atoms with E-state index in [2.05, 4.69) is 11.3 Å². The van der Waals surface area contributed by atoms with Gasteiger partial charge in [-0.1, -0.05) is 6.58 Å². The predicted molar refractivity (Wildman–Crippen MR) is 48.0 cm³/mol. The number of esters is 1. The van der Waals surface area contributed by atoms with Gasteiger partial charge in [-0.3, -0.25) is 4.79 Å². The minimum atomic E-state index is -5.21. The third kappa shape index (κ3) is 6.67. The lowest BCUT2D eigenvalue weighted by Crippen LogP contribution is -2.38. The molecule has 4 nitrogen and oxygen atoms in total. The number of carboxylic acids is 1. The standard InChI is InChI=1S/C9H8F6O4/c1-4(2-6(16)17)7(18)19-9(14,15)5(10)3-8(11,12)13/h5H,1-3H2,(H,16,17). The summed E-state index contributed by atoms with van der Waals surface area (Å²) >= 11 is 0. The van der Waals surface area contributed by atoms with E-state index in [1.54, 1.807) is 0 Å². The van der Waals surface area contributed by atoms with E-state index in [0.717, 1.165) is 0 Å². The smallest absolute Gasteiger partial charge is 0.432 e. The van der Waals surface area contributed by atoms with E-state index < -0.39 is 48.8 Å². The number of rotatable bonds is 6. The number of hydrogen-bond acceptors (Lipinski definition) is 3. The molecule has 0 fully saturated rings. The molecule has 0 heterocycles. The van der Waals surface area contributed by atoms with Crippen molar-refractivity contribution < 1.29 is 45.8 Å². The molecule has 1 unspecified atom stereocenters. The van der Waals surface area contributed by atoms with Gasteiger partial charge in [-0.2, -0.15) is 22.0 Å². The first-order valence-corrected chi connectivity index (χ1v) is 4.56. The Balaban J connectivity index is 4.63. The molecular formula is C9H8F6O4. The summed E-state index contributed by atoms with van der Waals surface area (Å²) in [5.74, 6) is -3.59. The summed E-state index contributed by atoms with van der Waals surface area (Å²) in [6.07, 6.45) is -17.6. The summed E-state index contributed by atoms with van der Waals surface area (Å²) in [5.41, 5.74) is -0.952. The summed E-state index contributed by atoms with van der Waals surface area (Å²) in [7, 11) is 0. The molecule has 0 saturated carbocycles. The molecule has 0 bridgehead atoms. The predicted octanol–water partition coefficient (Wildman–Crippen LogP) is 2.44. The zero-order chi connectivity index (χ0) is 15.4. The number of carbonyl (C=O) groups excluding carboxylic acids is 1. The van der Waals surface area contributed by atoms with Crippen molar-refractivity contribution in [2.24, 2.45) is 0 Å². The molecule has 19 heavy (non-hydrogen) atoms. The van der Waals surface area contributed by atoms with Crippen LogP contribution in [-0.2, 0) is 14.3 Å². The second-order valence-electron chi connectivity index (χ2n) is 3.41. The first-order chi connectivity index (χ1) is 8.35. The van der Waals surface area contributed by atoms with Crippen LogP contribution in [0.15, 0.2) is 12.2 Å². The van der Waals surface area contributed by atoms with Crippen LogP contribution in [0.3, 0.4) is 0 Å². The third-order valence-corrected chi connectivity index (χ3v) is 1.66. The van der Waals surface area contributed by atoms with Crippen molar-refractivity contribution in [3.05, 3.63) is 12.2 Å². The van der Waals surface area contributed by atoms with E-state index in [-0.39, 0.29) is 0 Å². The highest BCUT2D eigenvalue weighted by Gasteiger charge is 2.50. The Kier molecular flexibility index (Phi) is 5.39. The lowest BCUT2D eigenvalue weighted by atomic mass is 10.2. The minimum Gasteiger partial charge on any atom is -0.481 e. The normalized spacial score (nSPS) is 13.8. The van der Waals surface area contributed by atoms with Crippen LogP contribution >= 0.6 is 0 Å². The molecule has 0 saturated heterocycles. The summed E-state index contributed by atoms with van der Waals surface area (Å²) in [4.78, 5) is 21.0. The summed E-state index contributed by atoms with van der Waals surface area (Å²) in [6, 6.07) is 0. The minimum absolute atomic E-state index is 0.952. The van der Waals surface area contributed by atoms with Crippen molar-refractivity contribution >= 4 is 11.9 Å². The molecule has 0 amide bonds. The van der Waals surface area contributed by atoms with Crippen LogP contribution in [0.25, 0.3) is 0 Å². The van der Waals surface area contributed by atoms with Crippen molar-refractivity contribution in [2.45, 2.75) is 31.3 Å². The van der Waals surface area contributed by atoms with E-state index >= 15 is 0 Å². The molecule has 0 rings (SSSR count). The average molecular weight is 294 g/mol. The summed E-state index contributed by atoms with van der Waals surface area (Å²) < 4.78 is 76.5. The Morgan fingerprint density at radius 1 is 1.21 bits per heavy atom. The fourth-order valence-corrected chi connectivity index (χ4v) is 0.836. The number of halogens is 6. The zero-order valence-corrected chi connectivity index (χ0v) is 9.14. The van der Waals surface area contributed by atoms with Gasteiger partial charge in [0.05, 0.1) is 12.8 Å². The zero-order valence-electron chi connectivity index (χ0n) is 9.14. The molecule has 0 aromatic rings. The van der Waals surface area contributed by atoms with Crippen molar-refractivity contribution in [1.29, 1.82) is 0 Å². The molecule has 0 aliphatic rings. The van der Waals surface area contributed by atoms with Crippen LogP contribution in [0.1, 0.15) is 12.8 Å². The van der Waals surface area contributed by atoms with Crippen LogP contribution in [-0.4, -0.2) is 35.5 Å². The van der Waals surface area contributed by atoms with Crippen LogP contribution in [0.2, 0.25) is 0 Å². The number of aliphatic carboxylic acids is 1. The SMILES string of the molecule is C=C(CC(=O)O)C(=O)OC(F)(F)C(F)CC(F)(F)F. The molecule has 110 valence electrons. The maximum absolute atomic E-state index is 12.8. The third-order valence-electron chi connectivity index (χ3n) is 1.66. The van der Waals surface area contributed by atoms with E-state index in [1.807, 2.05) is 0 Å². The lowest BCUT2D eigenvalue weighted by Gasteiger charge is -2.21. The van der Waals surface area contributed by atoms with Gasteiger partial charge in [0.1, 0.15) is 0 Å². The first kappa shape index (κ1) is 17.3. The number of hydrogen-bond donors (Lipinski definition) is 1. The molecule has 0 aliphatic carbocycles. The molecule has 0 aliphatic heterocycles. The first-order valence-electron chi connectivity index (χ1n) is 4.56. The Bertz CT molecular complexity index is 375. The highest BCUT2D eigenvalue weighted by Crippen LogP contribution is 2.33. The van der Waals surface area contributed by atoms with E-state index in [1.165, 1.54) is 0 Å². The van der Waals surface area contributed by atoms with Gasteiger partial charge in [0.2, 0.25) is 6.17 Å². The fourth-order valence-electron chi connectivity index (χ4n) is 0.836. The molecule has 0 spiro atoms. The van der Waals surface area contributed by atoms with Gasteiger partial charge in [-0.15, -0.1) is 0 Å². The Morgan fingerprint density at radius 3 is 2.05 bits per heavy atom. The van der Waals surface area contributed by atoms with Crippen LogP contribution in [0, 0.1) is 0 Å². The van der Waals surface area contributed by atoms with Crippen molar-refractivity contribution in [3.8, 4) is 0 Å². The largest absolute Gasteiger partial charge is 0.481 e. The van der Waals surface area contributed by atoms with Gasteiger partial charge < -0.3 is 9.84 Å². The summed E-state index contributed by atoms with van der Waals surface area (Å²) in [6.45, 7) is 2.78. The Hall–Kier alpha value is -1.74. The molecule has 1 atom stereocenters. The van der Waals surface area contributed by atoms with Gasteiger partial charge in [0, 0.05) is 5.57 Å². The molecule has 1 N–H and O–H groups in total. The molecule has 10 heteroatoms. The monoisotopic (exact) mass is 294 g/mol. The number of carboxylic acid groups (broad SMARTS) is 1. The van der Waals surface area contributed by atoms with Gasteiger partial charge in [-0.25, -0.2) is 9.18 Å². The van der Waals surface area contributed by atoms with Crippen molar-refractivity contribution in [1.82, 2.24) is 0 Å². The molecule has 0 radical (unpaired) electrons. The second-order valence-corrected chi connectivity index (χ2v) is 3.41. The van der Waals surface area contributed by atoms with Crippen LogP contribution < -0.4 is 0 Å².